The van der Waals surface area contributed by atoms with Crippen LogP contribution in [0.15, 0.2) is 48.7 Å². The van der Waals surface area contributed by atoms with Gasteiger partial charge in [-0.25, -0.2) is 4.52 Å². The number of nitrogens with one attached hydrogen (secondary N) is 1. The van der Waals surface area contributed by atoms with Crippen LogP contribution in [-0.2, 0) is 4.79 Å². The van der Waals surface area contributed by atoms with Crippen LogP contribution in [0, 0.1) is 5.92 Å². The Hall–Kier alpha value is -3.93. The lowest BCUT2D eigenvalue weighted by Gasteiger charge is -2.27. The lowest BCUT2D eigenvalue weighted by molar-refractivity contribution is -0.148. The number of carbonyl (C=O) groups excluding carboxylic acids is 2. The number of rotatable bonds is 6. The molecule has 1 aromatic carbocycles. The molecule has 216 valence electrons. The zero-order chi connectivity index (χ0) is 28.7. The predicted octanol–water partition coefficient (Wildman–Crippen LogP) is 4.21. The monoisotopic (exact) mass is 567 g/mol. The number of amides is 2. The van der Waals surface area contributed by atoms with E-state index >= 15 is 0 Å². The lowest BCUT2D eigenvalue weighted by Crippen LogP contribution is -2.39. The number of anilines is 2. The molecule has 0 spiro atoms. The Morgan fingerprint density at radius 1 is 1.10 bits per heavy atom. The van der Waals surface area contributed by atoms with Gasteiger partial charge in [0.2, 0.25) is 11.9 Å². The second-order valence-electron chi connectivity index (χ2n) is 11.1. The summed E-state index contributed by atoms with van der Waals surface area (Å²) in [6.45, 7) is 3.38. The van der Waals surface area contributed by atoms with E-state index in [0.29, 0.717) is 42.1 Å². The Morgan fingerprint density at radius 3 is 2.63 bits per heavy atom. The van der Waals surface area contributed by atoms with Crippen molar-refractivity contribution >= 4 is 34.7 Å². The van der Waals surface area contributed by atoms with Crippen molar-refractivity contribution in [1.29, 1.82) is 0 Å². The molecule has 2 unspecified atom stereocenters. The van der Waals surface area contributed by atoms with Crippen LogP contribution in [0.5, 0.6) is 0 Å². The molecule has 2 saturated heterocycles. The van der Waals surface area contributed by atoms with E-state index in [9.17, 15) is 22.8 Å². The second-order valence-corrected chi connectivity index (χ2v) is 11.1. The molecule has 1 N–H and O–H groups in total. The molecule has 6 rings (SSSR count). The molecule has 2 fully saturated rings. The van der Waals surface area contributed by atoms with Gasteiger partial charge in [-0.05, 0) is 67.8 Å². The van der Waals surface area contributed by atoms with E-state index in [2.05, 4.69) is 27.3 Å². The Balaban J connectivity index is 1.12. The molecule has 2 amide bonds. The van der Waals surface area contributed by atoms with E-state index in [1.165, 1.54) is 4.90 Å². The molecule has 0 saturated carbocycles. The number of benzene rings is 1. The third-order valence-corrected chi connectivity index (χ3v) is 8.27. The first-order chi connectivity index (χ1) is 19.6. The van der Waals surface area contributed by atoms with E-state index in [-0.39, 0.29) is 12.5 Å². The molecule has 5 heterocycles. The summed E-state index contributed by atoms with van der Waals surface area (Å²) in [5.41, 5.74) is 3.87. The first kappa shape index (κ1) is 27.3. The highest BCUT2D eigenvalue weighted by Gasteiger charge is 2.42. The summed E-state index contributed by atoms with van der Waals surface area (Å²) in [5, 5.41) is 7.75. The summed E-state index contributed by atoms with van der Waals surface area (Å²) >= 11 is 0. The van der Waals surface area contributed by atoms with E-state index in [0.717, 1.165) is 42.9 Å². The number of halogens is 3. The van der Waals surface area contributed by atoms with Crippen molar-refractivity contribution in [2.45, 2.75) is 37.9 Å². The fraction of sp³-hybridized carbons (Fsp3) is 0.448. The van der Waals surface area contributed by atoms with E-state index < -0.39 is 24.9 Å². The molecule has 0 radical (unpaired) electrons. The molecule has 0 bridgehead atoms. The van der Waals surface area contributed by atoms with Gasteiger partial charge in [0.05, 0.1) is 6.42 Å². The minimum Gasteiger partial charge on any atom is -0.339 e. The maximum atomic E-state index is 13.2. The minimum atomic E-state index is -4.34. The van der Waals surface area contributed by atoms with Crippen LogP contribution in [-0.4, -0.2) is 93.1 Å². The largest absolute Gasteiger partial charge is 0.389 e. The highest BCUT2D eigenvalue weighted by Crippen LogP contribution is 2.32. The number of aromatic nitrogens is 3. The fourth-order valence-corrected chi connectivity index (χ4v) is 6.17. The van der Waals surface area contributed by atoms with Crippen molar-refractivity contribution in [3.63, 3.8) is 0 Å². The van der Waals surface area contributed by atoms with Crippen molar-refractivity contribution in [2.75, 3.05) is 45.1 Å². The normalized spacial score (nSPS) is 21.3. The summed E-state index contributed by atoms with van der Waals surface area (Å²) in [7, 11) is 2.10. The third kappa shape index (κ3) is 5.79. The van der Waals surface area contributed by atoms with Gasteiger partial charge >= 0.3 is 6.18 Å². The predicted molar refractivity (Wildman–Crippen MR) is 148 cm³/mol. The molecule has 9 nitrogen and oxygen atoms in total. The molecule has 12 heteroatoms. The van der Waals surface area contributed by atoms with Crippen LogP contribution in [0.25, 0.3) is 11.2 Å². The van der Waals surface area contributed by atoms with Gasteiger partial charge < -0.3 is 20.0 Å². The van der Waals surface area contributed by atoms with Crippen molar-refractivity contribution in [1.82, 2.24) is 29.3 Å². The number of likely N-dealkylation sites (N-methyl/N-ethyl adjacent to an activating group) is 1. The maximum absolute atomic E-state index is 13.2. The minimum absolute atomic E-state index is 0.0659. The number of hydrogen-bond acceptors (Lipinski definition) is 6. The summed E-state index contributed by atoms with van der Waals surface area (Å²) < 4.78 is 39.1. The third-order valence-electron chi connectivity index (χ3n) is 8.27. The van der Waals surface area contributed by atoms with Gasteiger partial charge in [0.15, 0.2) is 5.65 Å². The average Bonchev–Trinajstić information content (AvgIpc) is 3.64. The van der Waals surface area contributed by atoms with Gasteiger partial charge in [0, 0.05) is 68.2 Å². The number of alkyl halides is 3. The van der Waals surface area contributed by atoms with Gasteiger partial charge in [-0.15, -0.1) is 5.10 Å². The fourth-order valence-electron chi connectivity index (χ4n) is 6.17. The summed E-state index contributed by atoms with van der Waals surface area (Å²) in [6.07, 6.45) is -0.760. The molecule has 3 aliphatic heterocycles. The lowest BCUT2D eigenvalue weighted by atomic mass is 10.00. The van der Waals surface area contributed by atoms with Gasteiger partial charge in [0.1, 0.15) is 0 Å². The van der Waals surface area contributed by atoms with E-state index in [1.54, 1.807) is 10.7 Å². The molecular formula is C29H32F3N7O2. The molecule has 2 atom stereocenters. The van der Waals surface area contributed by atoms with Crippen LogP contribution >= 0.6 is 0 Å². The Bertz CT molecular complexity index is 1480. The maximum Gasteiger partial charge on any atom is 0.389 e. The Labute approximate surface area is 235 Å². The first-order valence-corrected chi connectivity index (χ1v) is 13.9. The first-order valence-electron chi connectivity index (χ1n) is 13.9. The van der Waals surface area contributed by atoms with Crippen LogP contribution in [0.1, 0.15) is 41.6 Å². The number of pyridine rings is 1. The van der Waals surface area contributed by atoms with Crippen molar-refractivity contribution in [2.24, 2.45) is 5.92 Å². The highest BCUT2D eigenvalue weighted by molar-refractivity contribution is 5.95. The van der Waals surface area contributed by atoms with Crippen molar-refractivity contribution < 1.29 is 22.8 Å². The number of hydrogen-bond donors (Lipinski definition) is 1. The Morgan fingerprint density at radius 2 is 1.90 bits per heavy atom. The summed E-state index contributed by atoms with van der Waals surface area (Å²) in [5.74, 6) is 0.530. The van der Waals surface area contributed by atoms with Gasteiger partial charge in [-0.2, -0.15) is 18.2 Å². The molecular weight excluding hydrogens is 535 g/mol. The number of nitrogens with zero attached hydrogens (tertiary/aromatic N) is 6. The van der Waals surface area contributed by atoms with Gasteiger partial charge in [0.25, 0.3) is 5.91 Å². The van der Waals surface area contributed by atoms with E-state index in [1.807, 2.05) is 47.4 Å². The number of fused-ring (bicyclic) bond motifs is 2. The highest BCUT2D eigenvalue weighted by atomic mass is 19.4. The number of likely N-dealkylation sites (tertiary alicyclic amines) is 2. The summed E-state index contributed by atoms with van der Waals surface area (Å²) in [4.78, 5) is 35.8. The van der Waals surface area contributed by atoms with Gasteiger partial charge in [-0.1, -0.05) is 6.08 Å². The van der Waals surface area contributed by atoms with Gasteiger partial charge in [-0.3, -0.25) is 9.59 Å². The standard InChI is InChI=1S/C29H32F3N7O2/c1-36-17-21-11-16-38(24(21)18-36)27(41)20-4-6-22(7-5-20)33-28-34-26-23(3-2-13-39(26)35-28)19-9-14-37(15-10-19)25(40)8-12-29(30,31)32/h2-7,9,13,21,24H,8,10-12,14-18H2,1H3,(H,33,35). The summed E-state index contributed by atoms with van der Waals surface area (Å²) in [6, 6.07) is 11.4. The molecule has 3 aromatic rings. The zero-order valence-corrected chi connectivity index (χ0v) is 22.8. The van der Waals surface area contributed by atoms with Crippen molar-refractivity contribution in [3.05, 3.63) is 59.8 Å². The van der Waals surface area contributed by atoms with Crippen LogP contribution in [0.2, 0.25) is 0 Å². The molecule has 3 aliphatic rings. The zero-order valence-electron chi connectivity index (χ0n) is 22.8. The van der Waals surface area contributed by atoms with Crippen LogP contribution < -0.4 is 5.32 Å². The quantitative estimate of drug-likeness (QED) is 0.481. The number of carbonyl (C=O) groups is 2. The topological polar surface area (TPSA) is 86.1 Å². The molecule has 2 aromatic heterocycles. The molecule has 0 aliphatic carbocycles. The van der Waals surface area contributed by atoms with Crippen LogP contribution in [0.3, 0.4) is 0 Å². The average molecular weight is 568 g/mol. The molecule has 41 heavy (non-hydrogen) atoms. The smallest absolute Gasteiger partial charge is 0.339 e. The van der Waals surface area contributed by atoms with Crippen LogP contribution in [0.4, 0.5) is 24.8 Å². The van der Waals surface area contributed by atoms with E-state index in [4.69, 9.17) is 0 Å². The Kier molecular flexibility index (Phi) is 7.18. The van der Waals surface area contributed by atoms with Crippen molar-refractivity contribution in [3.8, 4) is 0 Å². The second kappa shape index (κ2) is 10.8. The SMILES string of the molecule is CN1CC2CCN(C(=O)c3ccc(Nc4nc5c(C6=CCN(C(=O)CCC(F)(F)F)CC6)cccn5n4)cc3)C2C1.